The number of hydrogen-bond donors (Lipinski definition) is 1. The first kappa shape index (κ1) is 12.8. The molecule has 20 heavy (non-hydrogen) atoms. The van der Waals surface area contributed by atoms with E-state index in [4.69, 9.17) is 0 Å². The molecule has 1 N–H and O–H groups in total. The molecule has 0 saturated carbocycles. The molecular formula is C14H18N6. The molecule has 1 unspecified atom stereocenters. The van der Waals surface area contributed by atoms with Gasteiger partial charge in [-0.15, -0.1) is 0 Å². The van der Waals surface area contributed by atoms with Crippen LogP contribution in [0.15, 0.2) is 24.7 Å². The molecule has 1 aliphatic heterocycles. The smallest absolute Gasteiger partial charge is 0.147 e. The third-order valence-electron chi connectivity index (χ3n) is 3.55. The molecule has 0 bridgehead atoms. The molecule has 1 atom stereocenters. The monoisotopic (exact) mass is 270 g/mol. The third-order valence-corrected chi connectivity index (χ3v) is 3.55. The van der Waals surface area contributed by atoms with E-state index in [2.05, 4.69) is 30.2 Å². The normalized spacial score (nSPS) is 18.3. The van der Waals surface area contributed by atoms with Crippen LogP contribution in [0, 0.1) is 6.92 Å². The highest BCUT2D eigenvalue weighted by Gasteiger charge is 2.28. The maximum Gasteiger partial charge on any atom is 0.147 e. The number of rotatable bonds is 3. The molecule has 0 amide bonds. The zero-order valence-electron chi connectivity index (χ0n) is 11.7. The van der Waals surface area contributed by atoms with Gasteiger partial charge in [-0.2, -0.15) is 0 Å². The van der Waals surface area contributed by atoms with E-state index in [0.717, 1.165) is 42.5 Å². The maximum absolute atomic E-state index is 4.60. The molecule has 6 nitrogen and oxygen atoms in total. The van der Waals surface area contributed by atoms with Gasteiger partial charge in [0, 0.05) is 32.1 Å². The molecule has 2 aromatic heterocycles. The van der Waals surface area contributed by atoms with Crippen molar-refractivity contribution in [2.45, 2.75) is 25.8 Å². The summed E-state index contributed by atoms with van der Waals surface area (Å²) in [5.41, 5.74) is 1.05. The third kappa shape index (κ3) is 2.41. The molecule has 0 spiro atoms. The van der Waals surface area contributed by atoms with Crippen LogP contribution in [0.2, 0.25) is 0 Å². The van der Waals surface area contributed by atoms with Crippen molar-refractivity contribution in [1.29, 1.82) is 0 Å². The summed E-state index contributed by atoms with van der Waals surface area (Å²) in [6.07, 6.45) is 7.46. The minimum Gasteiger partial charge on any atom is -0.373 e. The second-order valence-electron chi connectivity index (χ2n) is 4.89. The summed E-state index contributed by atoms with van der Waals surface area (Å²) in [5, 5.41) is 3.09. The van der Waals surface area contributed by atoms with Crippen molar-refractivity contribution >= 4 is 11.6 Å². The number of nitrogens with zero attached hydrogens (tertiary/aromatic N) is 5. The largest absolute Gasteiger partial charge is 0.373 e. The Balaban J connectivity index is 1.94. The van der Waals surface area contributed by atoms with Crippen molar-refractivity contribution in [3.63, 3.8) is 0 Å². The van der Waals surface area contributed by atoms with Gasteiger partial charge in [0.25, 0.3) is 0 Å². The first-order valence-corrected chi connectivity index (χ1v) is 6.84. The molecule has 3 rings (SSSR count). The molecule has 0 radical (unpaired) electrons. The van der Waals surface area contributed by atoms with Gasteiger partial charge in [0.05, 0.1) is 17.9 Å². The Labute approximate surface area is 118 Å². The first-order chi connectivity index (χ1) is 9.78. The van der Waals surface area contributed by atoms with Gasteiger partial charge in [-0.25, -0.2) is 15.0 Å². The lowest BCUT2D eigenvalue weighted by Crippen LogP contribution is -2.24. The number of anilines is 2. The summed E-state index contributed by atoms with van der Waals surface area (Å²) in [7, 11) is 1.88. The van der Waals surface area contributed by atoms with Crippen LogP contribution in [-0.2, 0) is 0 Å². The second-order valence-corrected chi connectivity index (χ2v) is 4.89. The first-order valence-electron chi connectivity index (χ1n) is 6.84. The molecule has 0 aromatic carbocycles. The van der Waals surface area contributed by atoms with E-state index in [9.17, 15) is 0 Å². The Hall–Kier alpha value is -2.24. The minimum absolute atomic E-state index is 0.250. The summed E-state index contributed by atoms with van der Waals surface area (Å²) >= 11 is 0. The highest BCUT2D eigenvalue weighted by molar-refractivity contribution is 5.43. The molecular weight excluding hydrogens is 252 g/mol. The van der Waals surface area contributed by atoms with Crippen LogP contribution in [0.5, 0.6) is 0 Å². The van der Waals surface area contributed by atoms with Crippen LogP contribution in [0.1, 0.15) is 30.4 Å². The predicted octanol–water partition coefficient (Wildman–Crippen LogP) is 1.96. The van der Waals surface area contributed by atoms with E-state index in [1.54, 1.807) is 12.4 Å². The highest BCUT2D eigenvalue weighted by atomic mass is 15.2. The van der Waals surface area contributed by atoms with Crippen LogP contribution in [0.4, 0.5) is 11.6 Å². The van der Waals surface area contributed by atoms with Crippen molar-refractivity contribution < 1.29 is 0 Å². The fourth-order valence-electron chi connectivity index (χ4n) is 2.68. The molecule has 6 heteroatoms. The summed E-state index contributed by atoms with van der Waals surface area (Å²) in [6.45, 7) is 2.91. The molecule has 104 valence electrons. The van der Waals surface area contributed by atoms with Crippen LogP contribution >= 0.6 is 0 Å². The zero-order chi connectivity index (χ0) is 13.9. The minimum atomic E-state index is 0.250. The lowest BCUT2D eigenvalue weighted by molar-refractivity contribution is 0.679. The molecule has 1 saturated heterocycles. The van der Waals surface area contributed by atoms with E-state index >= 15 is 0 Å². The quantitative estimate of drug-likeness (QED) is 0.919. The lowest BCUT2D eigenvalue weighted by Gasteiger charge is -2.25. The fraction of sp³-hybridized carbons (Fsp3) is 0.429. The summed E-state index contributed by atoms with van der Waals surface area (Å²) in [4.78, 5) is 19.8. The predicted molar refractivity (Wildman–Crippen MR) is 77.7 cm³/mol. The lowest BCUT2D eigenvalue weighted by atomic mass is 10.1. The van der Waals surface area contributed by atoms with Crippen molar-refractivity contribution in [1.82, 2.24) is 19.9 Å². The Morgan fingerprint density at radius 3 is 2.95 bits per heavy atom. The average Bonchev–Trinajstić information content (AvgIpc) is 2.97. The van der Waals surface area contributed by atoms with Gasteiger partial charge in [0.1, 0.15) is 17.5 Å². The van der Waals surface area contributed by atoms with Crippen LogP contribution in [0.25, 0.3) is 0 Å². The summed E-state index contributed by atoms with van der Waals surface area (Å²) in [5.74, 6) is 2.56. The van der Waals surface area contributed by atoms with Crippen LogP contribution < -0.4 is 10.2 Å². The van der Waals surface area contributed by atoms with Gasteiger partial charge >= 0.3 is 0 Å². The van der Waals surface area contributed by atoms with E-state index < -0.39 is 0 Å². The molecule has 1 aliphatic rings. The van der Waals surface area contributed by atoms with E-state index in [-0.39, 0.29) is 6.04 Å². The summed E-state index contributed by atoms with van der Waals surface area (Å²) in [6, 6.07) is 2.27. The fourth-order valence-corrected chi connectivity index (χ4v) is 2.68. The zero-order valence-corrected chi connectivity index (χ0v) is 11.7. The van der Waals surface area contributed by atoms with E-state index in [1.807, 2.05) is 26.2 Å². The van der Waals surface area contributed by atoms with Crippen molar-refractivity contribution in [3.05, 3.63) is 36.2 Å². The Kier molecular flexibility index (Phi) is 3.45. The number of aryl methyl sites for hydroxylation is 1. The van der Waals surface area contributed by atoms with Gasteiger partial charge in [-0.3, -0.25) is 4.98 Å². The van der Waals surface area contributed by atoms with Gasteiger partial charge in [-0.05, 0) is 19.8 Å². The van der Waals surface area contributed by atoms with Crippen molar-refractivity contribution in [3.8, 4) is 0 Å². The number of nitrogens with one attached hydrogen (secondary N) is 1. The molecule has 1 fully saturated rings. The SMILES string of the molecule is CNc1cc(C2CCCN2c2cnccn2)nc(C)n1. The van der Waals surface area contributed by atoms with E-state index in [0.29, 0.717) is 0 Å². The number of hydrogen-bond acceptors (Lipinski definition) is 6. The number of aromatic nitrogens is 4. The molecule has 0 aliphatic carbocycles. The molecule has 3 heterocycles. The van der Waals surface area contributed by atoms with Gasteiger partial charge in [0.2, 0.25) is 0 Å². The van der Waals surface area contributed by atoms with Crippen molar-refractivity contribution in [2.24, 2.45) is 0 Å². The van der Waals surface area contributed by atoms with Gasteiger partial charge in [-0.1, -0.05) is 0 Å². The summed E-state index contributed by atoms with van der Waals surface area (Å²) < 4.78 is 0. The Morgan fingerprint density at radius 2 is 2.20 bits per heavy atom. The van der Waals surface area contributed by atoms with Crippen LogP contribution in [0.3, 0.4) is 0 Å². The average molecular weight is 270 g/mol. The topological polar surface area (TPSA) is 66.8 Å². The molecule has 2 aromatic rings. The standard InChI is InChI=1S/C14H18N6/c1-10-18-11(8-13(15-2)19-10)12-4-3-7-20(12)14-9-16-5-6-17-14/h5-6,8-9,12H,3-4,7H2,1-2H3,(H,15,18,19). The Morgan fingerprint density at radius 1 is 1.30 bits per heavy atom. The van der Waals surface area contributed by atoms with E-state index in [1.165, 1.54) is 0 Å². The van der Waals surface area contributed by atoms with Crippen LogP contribution in [-0.4, -0.2) is 33.5 Å². The maximum atomic E-state index is 4.60. The highest BCUT2D eigenvalue weighted by Crippen LogP contribution is 2.34. The second kappa shape index (κ2) is 5.40. The Bertz CT molecular complexity index is 585. The van der Waals surface area contributed by atoms with Gasteiger partial charge in [0.15, 0.2) is 0 Å². The van der Waals surface area contributed by atoms with Gasteiger partial charge < -0.3 is 10.2 Å². The van der Waals surface area contributed by atoms with Crippen molar-refractivity contribution in [2.75, 3.05) is 23.8 Å².